The number of H-pyrrole nitrogens is 1. The maximum absolute atomic E-state index is 14.2. The fourth-order valence-electron chi connectivity index (χ4n) is 3.41. The molecule has 2 N–H and O–H groups in total. The van der Waals surface area contributed by atoms with Gasteiger partial charge in [0.2, 0.25) is 0 Å². The van der Waals surface area contributed by atoms with Gasteiger partial charge >= 0.3 is 18.0 Å². The van der Waals surface area contributed by atoms with Crippen molar-refractivity contribution >= 4 is 11.7 Å². The fourth-order valence-corrected chi connectivity index (χ4v) is 3.41. The van der Waals surface area contributed by atoms with E-state index in [0.29, 0.717) is 4.57 Å². The van der Waals surface area contributed by atoms with E-state index >= 15 is 0 Å². The molecule has 1 aliphatic heterocycles. The summed E-state index contributed by atoms with van der Waals surface area (Å²) in [5.41, 5.74) is -10.7. The molecule has 0 saturated carbocycles. The first-order valence-electron chi connectivity index (χ1n) is 8.93. The molecule has 2 aromatic heterocycles. The van der Waals surface area contributed by atoms with Gasteiger partial charge in [0.15, 0.2) is 0 Å². The number of aliphatic imine (C=N–C) groups is 1. The molecule has 33 heavy (non-hydrogen) atoms. The lowest BCUT2D eigenvalue weighted by Gasteiger charge is -2.38. The van der Waals surface area contributed by atoms with Gasteiger partial charge in [-0.15, -0.1) is 0 Å². The van der Waals surface area contributed by atoms with E-state index in [4.69, 9.17) is 0 Å². The molecule has 0 amide bonds. The number of nitrogens with one attached hydrogen (secondary N) is 2. The van der Waals surface area contributed by atoms with Crippen LogP contribution in [0, 0.1) is 5.82 Å². The molecule has 1 aliphatic rings. The van der Waals surface area contributed by atoms with Crippen molar-refractivity contribution in [2.75, 3.05) is 5.32 Å². The van der Waals surface area contributed by atoms with Crippen LogP contribution in [0.2, 0.25) is 0 Å². The van der Waals surface area contributed by atoms with E-state index in [2.05, 4.69) is 15.3 Å². The molecular weight excluding hydrogens is 463 g/mol. The first-order chi connectivity index (χ1) is 15.4. The van der Waals surface area contributed by atoms with Crippen LogP contribution in [0.3, 0.4) is 0 Å². The van der Waals surface area contributed by atoms with Gasteiger partial charge in [-0.25, -0.2) is 18.7 Å². The Labute approximate surface area is 178 Å². The minimum atomic E-state index is -6.14. The number of hydrogen-bond donors (Lipinski definition) is 2. The Kier molecular flexibility index (Phi) is 4.91. The minimum absolute atomic E-state index is 0.230. The van der Waals surface area contributed by atoms with Gasteiger partial charge in [0.25, 0.3) is 11.1 Å². The molecule has 0 spiro atoms. The molecule has 0 atom stereocenters. The molecule has 3 heterocycles. The Morgan fingerprint density at radius 3 is 2.00 bits per heavy atom. The van der Waals surface area contributed by atoms with Gasteiger partial charge in [0.05, 0.1) is 5.69 Å². The van der Waals surface area contributed by atoms with Gasteiger partial charge < -0.3 is 5.32 Å². The summed E-state index contributed by atoms with van der Waals surface area (Å²) in [6.45, 7) is 0. The molecule has 7 nitrogen and oxygen atoms in total. The first kappa shape index (κ1) is 22.2. The van der Waals surface area contributed by atoms with Gasteiger partial charge in [-0.3, -0.25) is 14.8 Å². The van der Waals surface area contributed by atoms with Crippen molar-refractivity contribution in [1.82, 2.24) is 14.5 Å². The highest BCUT2D eigenvalue weighted by Crippen LogP contribution is 2.55. The number of benzene rings is 1. The molecule has 0 saturated heterocycles. The SMILES string of the molecule is O=c1[nH]c(=O)n(-c2ccc(F)cc2)c2c1C(C(F)(F)F)(C(F)(F)F)N=C(c1ccncc1)N2. The van der Waals surface area contributed by atoms with Crippen molar-refractivity contribution in [1.29, 1.82) is 0 Å². The Bertz CT molecular complexity index is 1340. The van der Waals surface area contributed by atoms with Crippen molar-refractivity contribution in [3.05, 3.63) is 86.6 Å². The lowest BCUT2D eigenvalue weighted by atomic mass is 9.87. The average molecular weight is 473 g/mol. The normalized spacial score (nSPS) is 15.4. The van der Waals surface area contributed by atoms with E-state index in [0.717, 1.165) is 48.8 Å². The Balaban J connectivity index is 2.18. The Morgan fingerprint density at radius 2 is 1.45 bits per heavy atom. The summed E-state index contributed by atoms with van der Waals surface area (Å²) in [6, 6.07) is 5.72. The molecule has 1 aromatic carbocycles. The fraction of sp³-hybridized carbons (Fsp3) is 0.158. The second-order valence-electron chi connectivity index (χ2n) is 6.82. The molecule has 0 radical (unpaired) electrons. The summed E-state index contributed by atoms with van der Waals surface area (Å²) in [7, 11) is 0. The number of hydrogen-bond acceptors (Lipinski definition) is 5. The minimum Gasteiger partial charge on any atom is -0.325 e. The van der Waals surface area contributed by atoms with Gasteiger partial charge in [-0.2, -0.15) is 26.3 Å². The van der Waals surface area contributed by atoms with Crippen molar-refractivity contribution in [3.63, 3.8) is 0 Å². The number of rotatable bonds is 2. The number of halogens is 7. The number of fused-ring (bicyclic) bond motifs is 1. The third-order valence-electron chi connectivity index (χ3n) is 4.85. The topological polar surface area (TPSA) is 92.1 Å². The van der Waals surface area contributed by atoms with E-state index < -0.39 is 52.2 Å². The largest absolute Gasteiger partial charge is 0.427 e. The molecule has 0 aliphatic carbocycles. The summed E-state index contributed by atoms with van der Waals surface area (Å²) < 4.78 is 98.7. The third-order valence-corrected chi connectivity index (χ3v) is 4.85. The molecule has 0 unspecified atom stereocenters. The number of aromatic amines is 1. The highest BCUT2D eigenvalue weighted by atomic mass is 19.4. The Morgan fingerprint density at radius 1 is 0.879 bits per heavy atom. The lowest BCUT2D eigenvalue weighted by Crippen LogP contribution is -2.59. The summed E-state index contributed by atoms with van der Waals surface area (Å²) in [4.78, 5) is 33.0. The third kappa shape index (κ3) is 3.37. The van der Waals surface area contributed by atoms with Crippen LogP contribution in [0.1, 0.15) is 11.1 Å². The monoisotopic (exact) mass is 473 g/mol. The van der Waals surface area contributed by atoms with Crippen LogP contribution in [0.4, 0.5) is 36.6 Å². The van der Waals surface area contributed by atoms with Crippen LogP contribution < -0.4 is 16.6 Å². The molecule has 0 fully saturated rings. The van der Waals surface area contributed by atoms with Crippen LogP contribution in [0.25, 0.3) is 5.69 Å². The molecule has 172 valence electrons. The molecule has 4 rings (SSSR count). The van der Waals surface area contributed by atoms with Crippen molar-refractivity contribution in [2.45, 2.75) is 17.9 Å². The van der Waals surface area contributed by atoms with Gasteiger partial charge in [-0.05, 0) is 36.4 Å². The number of nitrogens with zero attached hydrogens (tertiary/aromatic N) is 3. The van der Waals surface area contributed by atoms with Gasteiger partial charge in [0.1, 0.15) is 23.0 Å². The molecule has 3 aromatic rings. The lowest BCUT2D eigenvalue weighted by molar-refractivity contribution is -0.301. The van der Waals surface area contributed by atoms with Crippen LogP contribution in [-0.2, 0) is 5.54 Å². The number of anilines is 1. The van der Waals surface area contributed by atoms with E-state index in [1.165, 1.54) is 4.98 Å². The zero-order chi connectivity index (χ0) is 24.2. The second kappa shape index (κ2) is 7.28. The van der Waals surface area contributed by atoms with Gasteiger partial charge in [-0.1, -0.05) is 0 Å². The van der Waals surface area contributed by atoms with Crippen LogP contribution in [0.5, 0.6) is 0 Å². The number of aromatic nitrogens is 3. The molecular formula is C19H10F7N5O2. The summed E-state index contributed by atoms with van der Waals surface area (Å²) in [5, 5.41) is 2.25. The standard InChI is InChI=1S/C19H10F7N5O2/c20-10-1-3-11(4-2-10)31-14-12(15(32)29-16(31)33)17(18(21,22)23,19(24,25)26)30-13(28-14)9-5-7-27-8-6-9/h1-8H,(H,28,30)(H,29,32,33). The first-order valence-corrected chi connectivity index (χ1v) is 8.93. The number of amidine groups is 1. The molecule has 0 bridgehead atoms. The summed E-state index contributed by atoms with van der Waals surface area (Å²) >= 11 is 0. The zero-order valence-corrected chi connectivity index (χ0v) is 15.9. The van der Waals surface area contributed by atoms with Gasteiger partial charge in [0, 0.05) is 18.0 Å². The van der Waals surface area contributed by atoms with Crippen LogP contribution in [-0.4, -0.2) is 32.7 Å². The van der Waals surface area contributed by atoms with E-state index in [1.807, 2.05) is 0 Å². The van der Waals surface area contributed by atoms with Crippen molar-refractivity contribution < 1.29 is 30.7 Å². The summed E-state index contributed by atoms with van der Waals surface area (Å²) in [5.74, 6) is -2.82. The predicted molar refractivity (Wildman–Crippen MR) is 101 cm³/mol. The average Bonchev–Trinajstić information content (AvgIpc) is 2.73. The second-order valence-corrected chi connectivity index (χ2v) is 6.82. The highest BCUT2D eigenvalue weighted by Gasteiger charge is 2.75. The number of pyridine rings is 1. The maximum atomic E-state index is 14.2. The predicted octanol–water partition coefficient (Wildman–Crippen LogP) is 3.25. The van der Waals surface area contributed by atoms with E-state index in [-0.39, 0.29) is 11.3 Å². The van der Waals surface area contributed by atoms with Crippen LogP contribution in [0.15, 0.2) is 63.4 Å². The van der Waals surface area contributed by atoms with Crippen LogP contribution >= 0.6 is 0 Å². The van der Waals surface area contributed by atoms with E-state index in [9.17, 15) is 40.3 Å². The Hall–Kier alpha value is -3.97. The van der Waals surface area contributed by atoms with E-state index in [1.54, 1.807) is 0 Å². The van der Waals surface area contributed by atoms with Crippen molar-refractivity contribution in [3.8, 4) is 5.69 Å². The maximum Gasteiger partial charge on any atom is 0.427 e. The molecule has 14 heteroatoms. The number of alkyl halides is 6. The zero-order valence-electron chi connectivity index (χ0n) is 15.9. The highest BCUT2D eigenvalue weighted by molar-refractivity contribution is 6.09. The van der Waals surface area contributed by atoms with Crippen molar-refractivity contribution in [2.24, 2.45) is 4.99 Å². The summed E-state index contributed by atoms with van der Waals surface area (Å²) in [6.07, 6.45) is -10.1. The smallest absolute Gasteiger partial charge is 0.325 e. The quantitative estimate of drug-likeness (QED) is 0.559.